The summed E-state index contributed by atoms with van der Waals surface area (Å²) in [6, 6.07) is 1.83. The topological polar surface area (TPSA) is 86.8 Å². The molecule has 0 aliphatic heterocycles. The first-order valence-corrected chi connectivity index (χ1v) is 5.49. The maximum absolute atomic E-state index is 13.2. The summed E-state index contributed by atoms with van der Waals surface area (Å²) in [7, 11) is 0. The van der Waals surface area contributed by atoms with Gasteiger partial charge in [0.05, 0.1) is 29.2 Å². The lowest BCUT2D eigenvalue weighted by atomic mass is 10.2. The van der Waals surface area contributed by atoms with Gasteiger partial charge < -0.3 is 15.1 Å². The number of nitrogens with zero attached hydrogens (tertiary/aromatic N) is 2. The van der Waals surface area contributed by atoms with Gasteiger partial charge in [0.1, 0.15) is 11.5 Å². The molecule has 0 aliphatic rings. The number of benzene rings is 1. The second kappa shape index (κ2) is 6.48. The van der Waals surface area contributed by atoms with E-state index in [2.05, 4.69) is 0 Å². The van der Waals surface area contributed by atoms with Crippen LogP contribution in [0.2, 0.25) is 5.02 Å². The van der Waals surface area contributed by atoms with Gasteiger partial charge in [0.25, 0.3) is 5.69 Å². The van der Waals surface area contributed by atoms with Crippen LogP contribution in [-0.2, 0) is 0 Å². The van der Waals surface area contributed by atoms with Crippen molar-refractivity contribution >= 4 is 23.0 Å². The maximum Gasteiger partial charge on any atom is 0.295 e. The van der Waals surface area contributed by atoms with E-state index < -0.39 is 16.4 Å². The molecule has 0 spiro atoms. The van der Waals surface area contributed by atoms with E-state index in [4.69, 9.17) is 21.8 Å². The zero-order valence-corrected chi connectivity index (χ0v) is 10.1. The van der Waals surface area contributed by atoms with E-state index in [0.29, 0.717) is 0 Å². The van der Waals surface area contributed by atoms with Gasteiger partial charge in [-0.3, -0.25) is 10.1 Å². The first-order valence-electron chi connectivity index (χ1n) is 5.11. The predicted octanol–water partition coefficient (Wildman–Crippen LogP) is 1.18. The van der Waals surface area contributed by atoms with E-state index in [0.717, 1.165) is 12.1 Å². The molecule has 0 unspecified atom stereocenters. The Kier molecular flexibility index (Phi) is 5.26. The number of anilines is 1. The molecule has 0 heterocycles. The molecule has 0 atom stereocenters. The first kappa shape index (κ1) is 14.6. The smallest absolute Gasteiger partial charge is 0.295 e. The molecule has 0 saturated carbocycles. The Morgan fingerprint density at radius 3 is 2.33 bits per heavy atom. The summed E-state index contributed by atoms with van der Waals surface area (Å²) in [5.74, 6) is -0.889. The van der Waals surface area contributed by atoms with E-state index in [1.807, 2.05) is 0 Å². The molecule has 0 radical (unpaired) electrons. The Hall–Kier alpha value is -1.44. The Morgan fingerprint density at radius 1 is 1.33 bits per heavy atom. The third-order valence-corrected chi connectivity index (χ3v) is 2.58. The molecule has 8 heteroatoms. The summed E-state index contributed by atoms with van der Waals surface area (Å²) < 4.78 is 13.2. The molecular formula is C10H12ClFN2O4. The fraction of sp³-hybridized carbons (Fsp3) is 0.400. The number of aliphatic hydroxyl groups excluding tert-OH is 2. The lowest BCUT2D eigenvalue weighted by molar-refractivity contribution is -0.384. The summed E-state index contributed by atoms with van der Waals surface area (Å²) in [6.45, 7) is -0.370. The van der Waals surface area contributed by atoms with Crippen LogP contribution < -0.4 is 4.90 Å². The highest BCUT2D eigenvalue weighted by Gasteiger charge is 2.22. The van der Waals surface area contributed by atoms with E-state index in [1.54, 1.807) is 0 Å². The number of halogens is 2. The molecule has 0 bridgehead atoms. The molecule has 6 nitrogen and oxygen atoms in total. The number of nitro benzene ring substituents is 1. The lowest BCUT2D eigenvalue weighted by Gasteiger charge is -2.22. The highest BCUT2D eigenvalue weighted by molar-refractivity contribution is 6.31. The second-order valence-electron chi connectivity index (χ2n) is 3.45. The Bertz CT molecular complexity index is 438. The monoisotopic (exact) mass is 278 g/mol. The van der Waals surface area contributed by atoms with Gasteiger partial charge in [0, 0.05) is 13.1 Å². The molecule has 18 heavy (non-hydrogen) atoms. The predicted molar refractivity (Wildman–Crippen MR) is 64.4 cm³/mol. The molecule has 2 N–H and O–H groups in total. The van der Waals surface area contributed by atoms with Crippen molar-refractivity contribution in [3.8, 4) is 0 Å². The Morgan fingerprint density at radius 2 is 1.89 bits per heavy atom. The van der Waals surface area contributed by atoms with Crippen molar-refractivity contribution < 1.29 is 19.5 Å². The molecule has 0 aliphatic carbocycles. The van der Waals surface area contributed by atoms with E-state index in [-0.39, 0.29) is 37.0 Å². The van der Waals surface area contributed by atoms with Crippen molar-refractivity contribution in [3.63, 3.8) is 0 Å². The summed E-state index contributed by atoms with van der Waals surface area (Å²) in [6.07, 6.45) is 0. The van der Waals surface area contributed by atoms with Gasteiger partial charge in [-0.25, -0.2) is 4.39 Å². The molecule has 1 aromatic rings. The summed E-state index contributed by atoms with van der Waals surface area (Å²) in [5.41, 5.74) is -0.395. The van der Waals surface area contributed by atoms with Gasteiger partial charge in [-0.15, -0.1) is 0 Å². The lowest BCUT2D eigenvalue weighted by Crippen LogP contribution is -2.30. The first-order chi connectivity index (χ1) is 8.51. The number of nitro groups is 1. The van der Waals surface area contributed by atoms with Crippen LogP contribution in [0.3, 0.4) is 0 Å². The van der Waals surface area contributed by atoms with Crippen molar-refractivity contribution in [1.82, 2.24) is 0 Å². The second-order valence-corrected chi connectivity index (χ2v) is 3.85. The standard InChI is InChI=1S/C10H12ClFN2O4/c11-7-5-9(13(1-3-15)2-4-16)10(14(17)18)6-8(7)12/h5-6,15-16H,1-4H2. The third kappa shape index (κ3) is 3.28. The van der Waals surface area contributed by atoms with Crippen molar-refractivity contribution in [2.75, 3.05) is 31.2 Å². The molecular weight excluding hydrogens is 267 g/mol. The largest absolute Gasteiger partial charge is 0.395 e. The van der Waals surface area contributed by atoms with Crippen molar-refractivity contribution in [2.45, 2.75) is 0 Å². The fourth-order valence-electron chi connectivity index (χ4n) is 1.52. The van der Waals surface area contributed by atoms with Crippen molar-refractivity contribution in [1.29, 1.82) is 0 Å². The Balaban J connectivity index is 3.25. The normalized spacial score (nSPS) is 10.4. The van der Waals surface area contributed by atoms with Crippen molar-refractivity contribution in [3.05, 3.63) is 33.1 Å². The average Bonchev–Trinajstić information content (AvgIpc) is 2.31. The maximum atomic E-state index is 13.2. The summed E-state index contributed by atoms with van der Waals surface area (Å²) >= 11 is 5.59. The van der Waals surface area contributed by atoms with Crippen LogP contribution >= 0.6 is 11.6 Å². The minimum Gasteiger partial charge on any atom is -0.395 e. The minimum absolute atomic E-state index is 0.0644. The van der Waals surface area contributed by atoms with Crippen LogP contribution in [0, 0.1) is 15.9 Å². The molecule has 0 fully saturated rings. The van der Waals surface area contributed by atoms with Crippen LogP contribution in [-0.4, -0.2) is 41.4 Å². The number of rotatable bonds is 6. The van der Waals surface area contributed by atoms with E-state index >= 15 is 0 Å². The molecule has 100 valence electrons. The zero-order chi connectivity index (χ0) is 13.7. The van der Waals surface area contributed by atoms with Gasteiger partial charge in [0.2, 0.25) is 0 Å². The minimum atomic E-state index is -0.889. The van der Waals surface area contributed by atoms with Gasteiger partial charge in [-0.1, -0.05) is 11.6 Å². The average molecular weight is 279 g/mol. The fourth-order valence-corrected chi connectivity index (χ4v) is 1.68. The summed E-state index contributed by atoms with van der Waals surface area (Å²) in [5, 5.41) is 28.3. The van der Waals surface area contributed by atoms with Crippen LogP contribution in [0.25, 0.3) is 0 Å². The van der Waals surface area contributed by atoms with Crippen LogP contribution in [0.15, 0.2) is 12.1 Å². The third-order valence-electron chi connectivity index (χ3n) is 2.29. The number of aliphatic hydroxyl groups is 2. The zero-order valence-electron chi connectivity index (χ0n) is 9.34. The number of hydrogen-bond donors (Lipinski definition) is 2. The molecule has 0 aromatic heterocycles. The van der Waals surface area contributed by atoms with Crippen molar-refractivity contribution in [2.24, 2.45) is 0 Å². The van der Waals surface area contributed by atoms with E-state index in [1.165, 1.54) is 4.90 Å². The quantitative estimate of drug-likeness (QED) is 0.603. The SMILES string of the molecule is O=[N+]([O-])c1cc(F)c(Cl)cc1N(CCO)CCO. The van der Waals surface area contributed by atoms with Gasteiger partial charge in [-0.2, -0.15) is 0 Å². The molecule has 1 aromatic carbocycles. The summed E-state index contributed by atoms with van der Waals surface area (Å²) in [4.78, 5) is 11.5. The number of hydrogen-bond acceptors (Lipinski definition) is 5. The van der Waals surface area contributed by atoms with Gasteiger partial charge >= 0.3 is 0 Å². The molecule has 0 saturated heterocycles. The highest BCUT2D eigenvalue weighted by atomic mass is 35.5. The molecule has 1 rings (SSSR count). The molecule has 0 amide bonds. The van der Waals surface area contributed by atoms with Crippen LogP contribution in [0.1, 0.15) is 0 Å². The highest BCUT2D eigenvalue weighted by Crippen LogP contribution is 2.32. The Labute approximate surface area is 107 Å². The van der Waals surface area contributed by atoms with Gasteiger partial charge in [0.15, 0.2) is 0 Å². The van der Waals surface area contributed by atoms with Crippen LogP contribution in [0.4, 0.5) is 15.8 Å². The van der Waals surface area contributed by atoms with Gasteiger partial charge in [-0.05, 0) is 6.07 Å². The van der Waals surface area contributed by atoms with E-state index in [9.17, 15) is 14.5 Å². The van der Waals surface area contributed by atoms with Crippen LogP contribution in [0.5, 0.6) is 0 Å².